The molecule has 1 saturated heterocycles. The fourth-order valence-corrected chi connectivity index (χ4v) is 2.09. The van der Waals surface area contributed by atoms with Crippen LogP contribution in [0.4, 0.5) is 0 Å². The molecule has 0 bridgehead atoms. The van der Waals surface area contributed by atoms with Crippen molar-refractivity contribution in [2.45, 2.75) is 10.1 Å². The van der Waals surface area contributed by atoms with E-state index in [4.69, 9.17) is 5.11 Å². The molecule has 1 aromatic carbocycles. The minimum atomic E-state index is 0.323. The minimum absolute atomic E-state index is 0.323. The van der Waals surface area contributed by atoms with Gasteiger partial charge in [-0.2, -0.15) is 0 Å². The smallest absolute Gasteiger partial charge is 0.115 e. The van der Waals surface area contributed by atoms with Crippen LogP contribution in [0.15, 0.2) is 24.3 Å². The number of phenols is 1. The standard InChI is InChI=1S/C10H13IN2O/c11-10-6-12-9(5-13-10)7-1-3-8(14)4-2-7/h1-4,9-10,12-14H,5-6H2. The van der Waals surface area contributed by atoms with E-state index in [9.17, 15) is 0 Å². The summed E-state index contributed by atoms with van der Waals surface area (Å²) in [5.41, 5.74) is 1.22. The first-order valence-corrected chi connectivity index (χ1v) is 5.90. The lowest BCUT2D eigenvalue weighted by Gasteiger charge is -2.28. The maximum atomic E-state index is 9.16. The molecule has 0 saturated carbocycles. The van der Waals surface area contributed by atoms with Gasteiger partial charge in [0.25, 0.3) is 0 Å². The summed E-state index contributed by atoms with van der Waals surface area (Å²) < 4.78 is 0.515. The van der Waals surface area contributed by atoms with Crippen LogP contribution in [0.3, 0.4) is 0 Å². The monoisotopic (exact) mass is 304 g/mol. The fraction of sp³-hybridized carbons (Fsp3) is 0.400. The number of hydrogen-bond acceptors (Lipinski definition) is 3. The first-order chi connectivity index (χ1) is 6.75. The third kappa shape index (κ3) is 2.37. The molecule has 0 spiro atoms. The summed E-state index contributed by atoms with van der Waals surface area (Å²) in [4.78, 5) is 0. The lowest BCUT2D eigenvalue weighted by molar-refractivity contribution is 0.419. The molecule has 2 unspecified atom stereocenters. The Kier molecular flexibility index (Phi) is 3.25. The Hall–Kier alpha value is -0.330. The van der Waals surface area contributed by atoms with Crippen LogP contribution >= 0.6 is 22.6 Å². The zero-order chi connectivity index (χ0) is 9.97. The average Bonchev–Trinajstić information content (AvgIpc) is 2.21. The van der Waals surface area contributed by atoms with Crippen LogP contribution in [0.1, 0.15) is 11.6 Å². The largest absolute Gasteiger partial charge is 0.508 e. The number of alkyl halides is 1. The number of nitrogens with one attached hydrogen (secondary N) is 2. The summed E-state index contributed by atoms with van der Waals surface area (Å²) in [6.45, 7) is 1.92. The Balaban J connectivity index is 2.05. The van der Waals surface area contributed by atoms with Gasteiger partial charge in [0.2, 0.25) is 0 Å². The Morgan fingerprint density at radius 1 is 1.14 bits per heavy atom. The Morgan fingerprint density at radius 3 is 2.43 bits per heavy atom. The van der Waals surface area contributed by atoms with Gasteiger partial charge in [-0.1, -0.05) is 34.7 Å². The van der Waals surface area contributed by atoms with Crippen LogP contribution in [-0.2, 0) is 0 Å². The van der Waals surface area contributed by atoms with Gasteiger partial charge >= 0.3 is 0 Å². The Labute approximate surface area is 97.0 Å². The molecule has 1 aliphatic heterocycles. The molecule has 2 rings (SSSR count). The highest BCUT2D eigenvalue weighted by molar-refractivity contribution is 14.1. The van der Waals surface area contributed by atoms with Crippen LogP contribution in [0.5, 0.6) is 5.75 Å². The highest BCUT2D eigenvalue weighted by atomic mass is 127. The number of aromatic hydroxyl groups is 1. The second kappa shape index (κ2) is 4.46. The van der Waals surface area contributed by atoms with Crippen LogP contribution in [-0.4, -0.2) is 22.2 Å². The fourth-order valence-electron chi connectivity index (χ4n) is 1.58. The van der Waals surface area contributed by atoms with Crippen LogP contribution < -0.4 is 10.6 Å². The van der Waals surface area contributed by atoms with Crippen molar-refractivity contribution in [2.24, 2.45) is 0 Å². The Bertz CT molecular complexity index is 293. The summed E-state index contributed by atoms with van der Waals surface area (Å²) in [5.74, 6) is 0.323. The SMILES string of the molecule is Oc1ccc(C2CNC(I)CN2)cc1. The van der Waals surface area contributed by atoms with E-state index in [0.717, 1.165) is 13.1 Å². The molecule has 2 atom stereocenters. The zero-order valence-electron chi connectivity index (χ0n) is 7.70. The van der Waals surface area contributed by atoms with E-state index in [1.54, 1.807) is 12.1 Å². The number of phenolic OH excluding ortho intramolecular Hbond substituents is 1. The summed E-state index contributed by atoms with van der Waals surface area (Å²) in [6.07, 6.45) is 0. The zero-order valence-corrected chi connectivity index (χ0v) is 9.86. The topological polar surface area (TPSA) is 44.3 Å². The maximum absolute atomic E-state index is 9.16. The van der Waals surface area contributed by atoms with Crippen molar-refractivity contribution in [3.05, 3.63) is 29.8 Å². The third-order valence-electron chi connectivity index (χ3n) is 2.38. The van der Waals surface area contributed by atoms with Crippen molar-refractivity contribution in [3.63, 3.8) is 0 Å². The van der Waals surface area contributed by atoms with Gasteiger partial charge < -0.3 is 15.7 Å². The molecule has 4 heteroatoms. The van der Waals surface area contributed by atoms with Gasteiger partial charge in [-0.05, 0) is 17.7 Å². The first-order valence-electron chi connectivity index (χ1n) is 4.65. The molecule has 0 amide bonds. The van der Waals surface area contributed by atoms with E-state index >= 15 is 0 Å². The number of rotatable bonds is 1. The lowest BCUT2D eigenvalue weighted by Crippen LogP contribution is -2.46. The number of halogens is 1. The molecule has 0 aliphatic carbocycles. The van der Waals surface area contributed by atoms with Crippen molar-refractivity contribution < 1.29 is 5.11 Å². The molecule has 1 heterocycles. The second-order valence-electron chi connectivity index (χ2n) is 3.43. The number of hydrogen-bond donors (Lipinski definition) is 3. The molecular weight excluding hydrogens is 291 g/mol. The maximum Gasteiger partial charge on any atom is 0.115 e. The molecule has 1 aromatic rings. The predicted octanol–water partition coefficient (Wildman–Crippen LogP) is 1.39. The molecule has 0 aromatic heterocycles. The van der Waals surface area contributed by atoms with Gasteiger partial charge in [-0.15, -0.1) is 0 Å². The quantitative estimate of drug-likeness (QED) is 0.417. The van der Waals surface area contributed by atoms with E-state index in [2.05, 4.69) is 33.2 Å². The molecule has 3 N–H and O–H groups in total. The van der Waals surface area contributed by atoms with E-state index < -0.39 is 0 Å². The van der Waals surface area contributed by atoms with Gasteiger partial charge in [-0.25, -0.2) is 0 Å². The second-order valence-corrected chi connectivity index (χ2v) is 4.93. The van der Waals surface area contributed by atoms with Gasteiger partial charge in [0.1, 0.15) is 5.75 Å². The Morgan fingerprint density at radius 2 is 1.86 bits per heavy atom. The van der Waals surface area contributed by atoms with E-state index in [0.29, 0.717) is 15.8 Å². The van der Waals surface area contributed by atoms with Crippen molar-refractivity contribution in [1.29, 1.82) is 0 Å². The summed E-state index contributed by atoms with van der Waals surface area (Å²) in [7, 11) is 0. The van der Waals surface area contributed by atoms with Crippen molar-refractivity contribution >= 4 is 22.6 Å². The highest BCUT2D eigenvalue weighted by Gasteiger charge is 2.18. The highest BCUT2D eigenvalue weighted by Crippen LogP contribution is 2.18. The number of piperazine rings is 1. The van der Waals surface area contributed by atoms with Crippen LogP contribution in [0.25, 0.3) is 0 Å². The van der Waals surface area contributed by atoms with Gasteiger partial charge in [0.05, 0.1) is 4.05 Å². The lowest BCUT2D eigenvalue weighted by atomic mass is 10.1. The average molecular weight is 304 g/mol. The number of benzene rings is 1. The third-order valence-corrected chi connectivity index (χ3v) is 3.26. The van der Waals surface area contributed by atoms with Gasteiger partial charge in [0, 0.05) is 19.1 Å². The van der Waals surface area contributed by atoms with Gasteiger partial charge in [-0.3, -0.25) is 0 Å². The molecular formula is C10H13IN2O. The molecule has 1 fully saturated rings. The molecule has 1 aliphatic rings. The summed E-state index contributed by atoms with van der Waals surface area (Å²) in [5, 5.41) is 16.0. The van der Waals surface area contributed by atoms with E-state index in [-0.39, 0.29) is 0 Å². The molecule has 76 valence electrons. The molecule has 3 nitrogen and oxygen atoms in total. The van der Waals surface area contributed by atoms with Crippen molar-refractivity contribution in [1.82, 2.24) is 10.6 Å². The van der Waals surface area contributed by atoms with Crippen molar-refractivity contribution in [2.75, 3.05) is 13.1 Å². The van der Waals surface area contributed by atoms with Crippen molar-refractivity contribution in [3.8, 4) is 5.75 Å². The van der Waals surface area contributed by atoms with Gasteiger partial charge in [0.15, 0.2) is 0 Å². The van der Waals surface area contributed by atoms with Crippen LogP contribution in [0, 0.1) is 0 Å². The van der Waals surface area contributed by atoms with E-state index in [1.807, 2.05) is 12.1 Å². The van der Waals surface area contributed by atoms with E-state index in [1.165, 1.54) is 5.56 Å². The van der Waals surface area contributed by atoms with Crippen LogP contribution in [0.2, 0.25) is 0 Å². The molecule has 14 heavy (non-hydrogen) atoms. The minimum Gasteiger partial charge on any atom is -0.508 e. The molecule has 0 radical (unpaired) electrons. The first kappa shape index (κ1) is 10.2. The normalized spacial score (nSPS) is 27.5. The summed E-state index contributed by atoms with van der Waals surface area (Å²) >= 11 is 2.38. The summed E-state index contributed by atoms with van der Waals surface area (Å²) in [6, 6.07) is 7.74. The predicted molar refractivity (Wildman–Crippen MR) is 64.7 cm³/mol.